The zero-order valence-electron chi connectivity index (χ0n) is 11.5. The molecule has 0 spiro atoms. The van der Waals surface area contributed by atoms with Gasteiger partial charge >= 0.3 is 0 Å². The number of nitrogens with one attached hydrogen (secondary N) is 1. The fraction of sp³-hybridized carbons (Fsp3) is 0.786. The quantitative estimate of drug-likeness (QED) is 0.876. The molecule has 2 unspecified atom stereocenters. The Hall–Kier alpha value is -0.870. The van der Waals surface area contributed by atoms with Crippen LogP contribution in [0.1, 0.15) is 32.3 Å². The van der Waals surface area contributed by atoms with Crippen LogP contribution in [0.4, 0.5) is 0 Å². The van der Waals surface area contributed by atoms with Crippen molar-refractivity contribution in [1.29, 1.82) is 0 Å². The van der Waals surface area contributed by atoms with Gasteiger partial charge in [0.05, 0.1) is 6.20 Å². The van der Waals surface area contributed by atoms with Gasteiger partial charge in [0.1, 0.15) is 0 Å². The summed E-state index contributed by atoms with van der Waals surface area (Å²) < 4.78 is 2.01. The summed E-state index contributed by atoms with van der Waals surface area (Å²) in [6.07, 6.45) is 7.05. The molecule has 4 nitrogen and oxygen atoms in total. The van der Waals surface area contributed by atoms with Gasteiger partial charge in [0.2, 0.25) is 0 Å². The van der Waals surface area contributed by atoms with E-state index in [1.165, 1.54) is 24.9 Å². The van der Waals surface area contributed by atoms with Crippen LogP contribution in [0, 0.1) is 5.92 Å². The number of nitrogens with zero attached hydrogens (tertiary/aromatic N) is 3. The van der Waals surface area contributed by atoms with E-state index in [9.17, 15) is 0 Å². The van der Waals surface area contributed by atoms with Gasteiger partial charge in [-0.15, -0.1) is 0 Å². The zero-order valence-corrected chi connectivity index (χ0v) is 11.5. The number of rotatable bonds is 4. The lowest BCUT2D eigenvalue weighted by atomic mass is 10.1. The molecule has 0 amide bonds. The Labute approximate surface area is 109 Å². The summed E-state index contributed by atoms with van der Waals surface area (Å²) in [5, 5.41) is 8.07. The molecular formula is C14H24N4. The van der Waals surface area contributed by atoms with Gasteiger partial charge in [-0.3, -0.25) is 9.58 Å². The fourth-order valence-electron chi connectivity index (χ4n) is 2.88. The SMILES string of the molecule is CCn1cc(CN2CC(C3CC3)NCC2C)cn1. The third kappa shape index (κ3) is 2.59. The van der Waals surface area contributed by atoms with Gasteiger partial charge in [-0.1, -0.05) is 0 Å². The number of hydrogen-bond acceptors (Lipinski definition) is 3. The van der Waals surface area contributed by atoms with Gasteiger partial charge < -0.3 is 5.32 Å². The van der Waals surface area contributed by atoms with E-state index in [0.717, 1.165) is 31.6 Å². The molecule has 1 saturated heterocycles. The van der Waals surface area contributed by atoms with Crippen molar-refractivity contribution in [2.75, 3.05) is 13.1 Å². The topological polar surface area (TPSA) is 33.1 Å². The number of aromatic nitrogens is 2. The van der Waals surface area contributed by atoms with E-state index in [1.54, 1.807) is 0 Å². The maximum Gasteiger partial charge on any atom is 0.0534 e. The highest BCUT2D eigenvalue weighted by atomic mass is 15.3. The number of aryl methyl sites for hydroxylation is 1. The van der Waals surface area contributed by atoms with Crippen LogP contribution in [0.15, 0.2) is 12.4 Å². The average molecular weight is 248 g/mol. The number of hydrogen-bond donors (Lipinski definition) is 1. The molecule has 0 aromatic carbocycles. The van der Waals surface area contributed by atoms with Crippen LogP contribution in [-0.2, 0) is 13.1 Å². The third-order valence-corrected chi connectivity index (χ3v) is 4.32. The molecule has 1 saturated carbocycles. The third-order valence-electron chi connectivity index (χ3n) is 4.32. The molecule has 100 valence electrons. The van der Waals surface area contributed by atoms with Crippen molar-refractivity contribution in [1.82, 2.24) is 20.0 Å². The van der Waals surface area contributed by atoms with Gasteiger partial charge in [0.25, 0.3) is 0 Å². The highest BCUT2D eigenvalue weighted by molar-refractivity contribution is 5.05. The van der Waals surface area contributed by atoms with E-state index in [2.05, 4.69) is 35.4 Å². The Bertz CT molecular complexity index is 396. The van der Waals surface area contributed by atoms with Crippen molar-refractivity contribution >= 4 is 0 Å². The molecule has 2 atom stereocenters. The highest BCUT2D eigenvalue weighted by Gasteiger charge is 2.35. The first kappa shape index (κ1) is 12.2. The summed E-state index contributed by atoms with van der Waals surface area (Å²) in [6, 6.07) is 1.35. The van der Waals surface area contributed by atoms with Crippen LogP contribution in [0.25, 0.3) is 0 Å². The van der Waals surface area contributed by atoms with Gasteiger partial charge in [-0.05, 0) is 32.6 Å². The molecule has 0 bridgehead atoms. The van der Waals surface area contributed by atoms with Crippen LogP contribution < -0.4 is 5.32 Å². The second-order valence-corrected chi connectivity index (χ2v) is 5.83. The maximum atomic E-state index is 4.37. The molecular weight excluding hydrogens is 224 g/mol. The molecule has 2 fully saturated rings. The van der Waals surface area contributed by atoms with Crippen LogP contribution in [-0.4, -0.2) is 39.9 Å². The summed E-state index contributed by atoms with van der Waals surface area (Å²) in [5.74, 6) is 0.943. The minimum Gasteiger partial charge on any atom is -0.311 e. The van der Waals surface area contributed by atoms with Crippen molar-refractivity contribution in [3.63, 3.8) is 0 Å². The first-order valence-corrected chi connectivity index (χ1v) is 7.25. The second-order valence-electron chi connectivity index (χ2n) is 5.83. The molecule has 18 heavy (non-hydrogen) atoms. The Kier molecular flexibility index (Phi) is 3.39. The normalized spacial score (nSPS) is 29.7. The van der Waals surface area contributed by atoms with Crippen molar-refractivity contribution < 1.29 is 0 Å². The van der Waals surface area contributed by atoms with E-state index in [0.29, 0.717) is 6.04 Å². The van der Waals surface area contributed by atoms with Crippen molar-refractivity contribution in [2.45, 2.75) is 51.9 Å². The minimum atomic E-state index is 0.630. The molecule has 2 heterocycles. The maximum absolute atomic E-state index is 4.37. The lowest BCUT2D eigenvalue weighted by Gasteiger charge is -2.38. The van der Waals surface area contributed by atoms with Crippen LogP contribution in [0.3, 0.4) is 0 Å². The van der Waals surface area contributed by atoms with E-state index in [4.69, 9.17) is 0 Å². The molecule has 4 heteroatoms. The second kappa shape index (κ2) is 5.02. The first-order chi connectivity index (χ1) is 8.76. The molecule has 1 N–H and O–H groups in total. The molecule has 0 radical (unpaired) electrons. The summed E-state index contributed by atoms with van der Waals surface area (Å²) in [7, 11) is 0. The summed E-state index contributed by atoms with van der Waals surface area (Å²) in [6.45, 7) is 8.79. The summed E-state index contributed by atoms with van der Waals surface area (Å²) >= 11 is 0. The number of piperazine rings is 1. The molecule has 1 aromatic rings. The van der Waals surface area contributed by atoms with Gasteiger partial charge in [0.15, 0.2) is 0 Å². The van der Waals surface area contributed by atoms with E-state index < -0.39 is 0 Å². The Balaban J connectivity index is 1.62. The molecule has 1 aliphatic carbocycles. The van der Waals surface area contributed by atoms with E-state index in [-0.39, 0.29) is 0 Å². The largest absolute Gasteiger partial charge is 0.311 e. The Morgan fingerprint density at radius 1 is 1.44 bits per heavy atom. The van der Waals surface area contributed by atoms with Gasteiger partial charge in [-0.25, -0.2) is 0 Å². The summed E-state index contributed by atoms with van der Waals surface area (Å²) in [4.78, 5) is 2.61. The zero-order chi connectivity index (χ0) is 12.5. The first-order valence-electron chi connectivity index (χ1n) is 7.25. The Morgan fingerprint density at radius 3 is 2.94 bits per heavy atom. The van der Waals surface area contributed by atoms with Crippen molar-refractivity contribution in [3.05, 3.63) is 18.0 Å². The van der Waals surface area contributed by atoms with E-state index in [1.807, 2.05) is 10.9 Å². The Morgan fingerprint density at radius 2 is 2.28 bits per heavy atom. The molecule has 1 aromatic heterocycles. The standard InChI is InChI=1S/C14H24N4/c1-3-18-9-12(7-16-18)8-17-10-14(13-4-5-13)15-6-11(17)2/h7,9,11,13-15H,3-6,8,10H2,1-2H3. The highest BCUT2D eigenvalue weighted by Crippen LogP contribution is 2.34. The lowest BCUT2D eigenvalue weighted by molar-refractivity contribution is 0.125. The predicted octanol–water partition coefficient (Wildman–Crippen LogP) is 1.48. The monoisotopic (exact) mass is 248 g/mol. The van der Waals surface area contributed by atoms with Gasteiger partial charge in [0, 0.05) is 50.0 Å². The van der Waals surface area contributed by atoms with Crippen LogP contribution in [0.5, 0.6) is 0 Å². The van der Waals surface area contributed by atoms with Crippen LogP contribution in [0.2, 0.25) is 0 Å². The summed E-state index contributed by atoms with van der Waals surface area (Å²) in [5.41, 5.74) is 1.35. The molecule has 3 rings (SSSR count). The fourth-order valence-corrected chi connectivity index (χ4v) is 2.88. The van der Waals surface area contributed by atoms with Crippen molar-refractivity contribution in [3.8, 4) is 0 Å². The molecule has 1 aliphatic heterocycles. The van der Waals surface area contributed by atoms with Gasteiger partial charge in [-0.2, -0.15) is 5.10 Å². The molecule has 2 aliphatic rings. The smallest absolute Gasteiger partial charge is 0.0534 e. The lowest BCUT2D eigenvalue weighted by Crippen LogP contribution is -2.55. The average Bonchev–Trinajstić information content (AvgIpc) is 3.13. The predicted molar refractivity (Wildman–Crippen MR) is 72.3 cm³/mol. The minimum absolute atomic E-state index is 0.630. The van der Waals surface area contributed by atoms with E-state index >= 15 is 0 Å². The van der Waals surface area contributed by atoms with Crippen LogP contribution >= 0.6 is 0 Å². The van der Waals surface area contributed by atoms with Crippen molar-refractivity contribution in [2.24, 2.45) is 5.92 Å².